The molecule has 1 saturated heterocycles. The van der Waals surface area contributed by atoms with Gasteiger partial charge in [-0.15, -0.1) is 0 Å². The second-order valence-corrected chi connectivity index (χ2v) is 5.02. The minimum absolute atomic E-state index is 0.0997. The Balaban J connectivity index is 1.92. The van der Waals surface area contributed by atoms with Crippen LogP contribution in [0.1, 0.15) is 19.1 Å². The Kier molecular flexibility index (Phi) is 3.28. The largest absolute Gasteiger partial charge is 0.457 e. The lowest BCUT2D eigenvalue weighted by Crippen LogP contribution is -2.31. The molecule has 5 heteroatoms. The highest BCUT2D eigenvalue weighted by molar-refractivity contribution is 7.80. The van der Waals surface area contributed by atoms with Gasteiger partial charge in [0.1, 0.15) is 17.0 Å². The minimum Gasteiger partial charge on any atom is -0.457 e. The second-order valence-electron chi connectivity index (χ2n) is 4.63. The number of benzene rings is 1. The first-order valence-electron chi connectivity index (χ1n) is 6.52. The fourth-order valence-corrected chi connectivity index (χ4v) is 2.50. The fraction of sp³-hybridized carbons (Fsp3) is 0.200. The van der Waals surface area contributed by atoms with E-state index in [-0.39, 0.29) is 5.91 Å². The van der Waals surface area contributed by atoms with Crippen LogP contribution in [0, 0.1) is 0 Å². The summed E-state index contributed by atoms with van der Waals surface area (Å²) in [5.41, 5.74) is 1.26. The Morgan fingerprint density at radius 2 is 2.20 bits per heavy atom. The lowest BCUT2D eigenvalue weighted by molar-refractivity contribution is -0.122. The smallest absolute Gasteiger partial charge is 0.276 e. The highest BCUT2D eigenvalue weighted by Crippen LogP contribution is 2.22. The second kappa shape index (κ2) is 5.09. The van der Waals surface area contributed by atoms with Crippen molar-refractivity contribution in [1.29, 1.82) is 0 Å². The van der Waals surface area contributed by atoms with Gasteiger partial charge >= 0.3 is 0 Å². The predicted octanol–water partition coefficient (Wildman–Crippen LogP) is 2.90. The molecule has 1 aromatic heterocycles. The number of carbonyl (C=O) groups excluding carboxylic acids is 1. The monoisotopic (exact) mass is 286 g/mol. The van der Waals surface area contributed by atoms with Gasteiger partial charge in [0.05, 0.1) is 0 Å². The average Bonchev–Trinajstić information content (AvgIpc) is 2.95. The summed E-state index contributed by atoms with van der Waals surface area (Å²) in [6.45, 7) is 2.64. The number of para-hydroxylation sites is 1. The van der Waals surface area contributed by atoms with Gasteiger partial charge in [-0.2, -0.15) is 0 Å². The summed E-state index contributed by atoms with van der Waals surface area (Å²) in [4.78, 5) is 13.8. The Morgan fingerprint density at radius 1 is 1.40 bits per heavy atom. The molecule has 3 rings (SSSR count). The zero-order valence-corrected chi connectivity index (χ0v) is 11.9. The van der Waals surface area contributed by atoms with Crippen molar-refractivity contribution in [3.8, 4) is 0 Å². The third-order valence-corrected chi connectivity index (χ3v) is 3.46. The summed E-state index contributed by atoms with van der Waals surface area (Å²) < 4.78 is 5.68. The van der Waals surface area contributed by atoms with E-state index in [9.17, 15) is 4.79 Å². The molecule has 1 N–H and O–H groups in total. The van der Waals surface area contributed by atoms with Crippen LogP contribution in [0.2, 0.25) is 0 Å². The minimum atomic E-state index is -0.0997. The van der Waals surface area contributed by atoms with Crippen LogP contribution in [0.15, 0.2) is 40.4 Å². The van der Waals surface area contributed by atoms with Crippen LogP contribution in [-0.4, -0.2) is 22.5 Å². The molecule has 1 aliphatic rings. The molecule has 2 aromatic rings. The van der Waals surface area contributed by atoms with Gasteiger partial charge in [-0.05, 0) is 30.8 Å². The van der Waals surface area contributed by atoms with Gasteiger partial charge in [-0.1, -0.05) is 25.1 Å². The van der Waals surface area contributed by atoms with Crippen LogP contribution < -0.4 is 5.32 Å². The van der Waals surface area contributed by atoms with Crippen molar-refractivity contribution in [2.75, 3.05) is 6.54 Å². The summed E-state index contributed by atoms with van der Waals surface area (Å²) in [7, 11) is 0. The molecule has 0 spiro atoms. The number of hydrogen-bond acceptors (Lipinski definition) is 3. The molecule has 0 aliphatic carbocycles. The summed E-state index contributed by atoms with van der Waals surface area (Å²) in [5, 5.41) is 4.41. The number of thiocarbonyl (C=S) groups is 1. The molecule has 2 heterocycles. The van der Waals surface area contributed by atoms with Crippen molar-refractivity contribution < 1.29 is 9.21 Å². The van der Waals surface area contributed by atoms with Gasteiger partial charge in [0.25, 0.3) is 5.91 Å². The third-order valence-electron chi connectivity index (χ3n) is 3.14. The first-order chi connectivity index (χ1) is 9.69. The van der Waals surface area contributed by atoms with E-state index in [1.165, 1.54) is 0 Å². The van der Waals surface area contributed by atoms with Gasteiger partial charge in [-0.25, -0.2) is 0 Å². The third kappa shape index (κ3) is 2.20. The molecule has 0 atom stereocenters. The Hall–Kier alpha value is -2.14. The normalized spacial score (nSPS) is 17.2. The van der Waals surface area contributed by atoms with E-state index < -0.39 is 0 Å². The number of furan rings is 1. The van der Waals surface area contributed by atoms with Crippen molar-refractivity contribution in [2.45, 2.75) is 13.3 Å². The zero-order chi connectivity index (χ0) is 14.1. The van der Waals surface area contributed by atoms with Crippen molar-refractivity contribution in [2.24, 2.45) is 0 Å². The van der Waals surface area contributed by atoms with Crippen molar-refractivity contribution in [1.82, 2.24) is 10.2 Å². The molecule has 0 radical (unpaired) electrons. The van der Waals surface area contributed by atoms with Crippen LogP contribution in [0.4, 0.5) is 0 Å². The van der Waals surface area contributed by atoms with Gasteiger partial charge in [0.15, 0.2) is 5.11 Å². The number of nitrogens with zero attached hydrogens (tertiary/aromatic N) is 1. The van der Waals surface area contributed by atoms with Crippen molar-refractivity contribution >= 4 is 40.3 Å². The topological polar surface area (TPSA) is 45.5 Å². The molecule has 102 valence electrons. The lowest BCUT2D eigenvalue weighted by atomic mass is 10.2. The average molecular weight is 286 g/mol. The molecule has 1 amide bonds. The Labute approximate surface area is 122 Å². The molecular weight excluding hydrogens is 272 g/mol. The number of rotatable bonds is 3. The van der Waals surface area contributed by atoms with Crippen LogP contribution in [0.25, 0.3) is 17.0 Å². The summed E-state index contributed by atoms with van der Waals surface area (Å²) in [6.07, 6.45) is 2.57. The number of carbonyl (C=O) groups is 1. The molecule has 20 heavy (non-hydrogen) atoms. The molecule has 4 nitrogen and oxygen atoms in total. The fourth-order valence-electron chi connectivity index (χ4n) is 2.21. The Morgan fingerprint density at radius 3 is 2.95 bits per heavy atom. The van der Waals surface area contributed by atoms with E-state index in [4.69, 9.17) is 16.6 Å². The number of hydrogen-bond donors (Lipinski definition) is 1. The zero-order valence-electron chi connectivity index (χ0n) is 11.1. The first-order valence-corrected chi connectivity index (χ1v) is 6.93. The maximum absolute atomic E-state index is 12.2. The molecule has 0 bridgehead atoms. The highest BCUT2D eigenvalue weighted by Gasteiger charge is 2.29. The quantitative estimate of drug-likeness (QED) is 0.696. The maximum Gasteiger partial charge on any atom is 0.276 e. The van der Waals surface area contributed by atoms with Gasteiger partial charge in [-0.3, -0.25) is 9.69 Å². The molecule has 0 unspecified atom stereocenters. The van der Waals surface area contributed by atoms with Gasteiger partial charge < -0.3 is 9.73 Å². The molecule has 0 saturated carbocycles. The van der Waals surface area contributed by atoms with Crippen LogP contribution in [0.3, 0.4) is 0 Å². The van der Waals surface area contributed by atoms with E-state index >= 15 is 0 Å². The highest BCUT2D eigenvalue weighted by atomic mass is 32.1. The van der Waals surface area contributed by atoms with Crippen LogP contribution in [-0.2, 0) is 4.79 Å². The van der Waals surface area contributed by atoms with Crippen molar-refractivity contribution in [3.05, 3.63) is 41.8 Å². The summed E-state index contributed by atoms with van der Waals surface area (Å²) in [6, 6.07) is 9.64. The standard InChI is InChI=1S/C15H14N2O2S/c1-2-7-17-14(18)12(16-15(17)20)9-11-8-10-5-3-4-6-13(10)19-11/h3-6,8-9H,2,7H2,1H3,(H,16,20). The van der Waals surface area contributed by atoms with E-state index in [1.54, 1.807) is 11.0 Å². The SMILES string of the molecule is CCCN1C(=O)C(=Cc2cc3ccccc3o2)NC1=S. The van der Waals surface area contributed by atoms with Crippen LogP contribution in [0.5, 0.6) is 0 Å². The first kappa shape index (κ1) is 12.9. The van der Waals surface area contributed by atoms with E-state index in [0.29, 0.717) is 23.1 Å². The molecule has 1 aliphatic heterocycles. The molecule has 1 aromatic carbocycles. The summed E-state index contributed by atoms with van der Waals surface area (Å²) in [5.74, 6) is 0.542. The number of fused-ring (bicyclic) bond motifs is 1. The lowest BCUT2D eigenvalue weighted by Gasteiger charge is -2.11. The maximum atomic E-state index is 12.2. The van der Waals surface area contributed by atoms with E-state index in [1.807, 2.05) is 37.3 Å². The summed E-state index contributed by atoms with van der Waals surface area (Å²) >= 11 is 5.16. The Bertz CT molecular complexity index is 684. The number of amides is 1. The molecular formula is C15H14N2O2S. The van der Waals surface area contributed by atoms with E-state index in [2.05, 4.69) is 5.32 Å². The molecule has 1 fully saturated rings. The van der Waals surface area contributed by atoms with Crippen LogP contribution >= 0.6 is 12.2 Å². The van der Waals surface area contributed by atoms with Gasteiger partial charge in [0, 0.05) is 18.0 Å². The predicted molar refractivity (Wildman–Crippen MR) is 81.9 cm³/mol. The van der Waals surface area contributed by atoms with Crippen molar-refractivity contribution in [3.63, 3.8) is 0 Å². The van der Waals surface area contributed by atoms with Gasteiger partial charge in [0.2, 0.25) is 0 Å². The number of nitrogens with one attached hydrogen (secondary N) is 1. The van der Waals surface area contributed by atoms with E-state index in [0.717, 1.165) is 17.4 Å².